The van der Waals surface area contributed by atoms with E-state index >= 15 is 0 Å². The molecule has 0 spiro atoms. The molecule has 0 heterocycles. The van der Waals surface area contributed by atoms with E-state index in [1.54, 1.807) is 31.2 Å². The summed E-state index contributed by atoms with van der Waals surface area (Å²) in [4.78, 5) is 13.8. The third-order valence-electron chi connectivity index (χ3n) is 3.20. The lowest BCUT2D eigenvalue weighted by atomic mass is 10.1. The van der Waals surface area contributed by atoms with Gasteiger partial charge < -0.3 is 10.6 Å². The maximum atomic E-state index is 13.7. The summed E-state index contributed by atoms with van der Waals surface area (Å²) in [5.74, 6) is -1.96. The van der Waals surface area contributed by atoms with Crippen molar-refractivity contribution < 1.29 is 13.6 Å². The molecule has 21 heavy (non-hydrogen) atoms. The number of carbonyl (C=O) groups excluding carboxylic acids is 1. The van der Waals surface area contributed by atoms with Crippen molar-refractivity contribution in [3.05, 3.63) is 65.2 Å². The summed E-state index contributed by atoms with van der Waals surface area (Å²) in [6.45, 7) is 2.52. The number of rotatable bonds is 4. The lowest BCUT2D eigenvalue weighted by Crippen LogP contribution is -2.31. The predicted molar refractivity (Wildman–Crippen MR) is 78.0 cm³/mol. The minimum absolute atomic E-state index is 0.278. The number of carbonyl (C=O) groups is 1. The fourth-order valence-corrected chi connectivity index (χ4v) is 2.06. The molecular formula is C16H16F2N2O. The van der Waals surface area contributed by atoms with E-state index in [4.69, 9.17) is 5.73 Å². The number of nitrogens with two attached hydrogens (primary N) is 1. The van der Waals surface area contributed by atoms with Gasteiger partial charge in [-0.15, -0.1) is 0 Å². The number of nitrogens with zero attached hydrogens (tertiary/aromatic N) is 1. The lowest BCUT2D eigenvalue weighted by Gasteiger charge is -2.21. The molecule has 2 rings (SSSR count). The van der Waals surface area contributed by atoms with Gasteiger partial charge in [0.25, 0.3) is 5.91 Å². The Morgan fingerprint density at radius 1 is 1.14 bits per heavy atom. The van der Waals surface area contributed by atoms with Gasteiger partial charge in [0.1, 0.15) is 11.6 Å². The van der Waals surface area contributed by atoms with Crippen LogP contribution in [0.25, 0.3) is 0 Å². The highest BCUT2D eigenvalue weighted by atomic mass is 19.1. The number of halogens is 2. The Kier molecular flexibility index (Phi) is 4.65. The molecule has 0 unspecified atom stereocenters. The van der Waals surface area contributed by atoms with Crippen LogP contribution in [0.15, 0.2) is 42.5 Å². The average Bonchev–Trinajstić information content (AvgIpc) is 2.51. The van der Waals surface area contributed by atoms with Crippen molar-refractivity contribution in [1.29, 1.82) is 0 Å². The molecule has 0 aliphatic rings. The molecular weight excluding hydrogens is 274 g/mol. The van der Waals surface area contributed by atoms with Gasteiger partial charge >= 0.3 is 0 Å². The number of benzene rings is 2. The molecule has 3 nitrogen and oxygen atoms in total. The van der Waals surface area contributed by atoms with E-state index in [1.807, 2.05) is 0 Å². The minimum Gasteiger partial charge on any atom is -0.326 e. The van der Waals surface area contributed by atoms with Crippen LogP contribution >= 0.6 is 0 Å². The lowest BCUT2D eigenvalue weighted by molar-refractivity contribution is 0.0984. The third kappa shape index (κ3) is 3.25. The molecule has 0 saturated carbocycles. The summed E-state index contributed by atoms with van der Waals surface area (Å²) in [6.07, 6.45) is 0. The van der Waals surface area contributed by atoms with Crippen molar-refractivity contribution >= 4 is 11.6 Å². The Hall–Kier alpha value is -2.27. The van der Waals surface area contributed by atoms with Crippen molar-refractivity contribution in [2.24, 2.45) is 5.73 Å². The Balaban J connectivity index is 2.35. The maximum absolute atomic E-state index is 13.7. The normalized spacial score (nSPS) is 10.5. The molecule has 0 atom stereocenters. The molecule has 0 aromatic heterocycles. The zero-order valence-corrected chi connectivity index (χ0v) is 11.6. The van der Waals surface area contributed by atoms with Crippen molar-refractivity contribution in [1.82, 2.24) is 0 Å². The summed E-state index contributed by atoms with van der Waals surface area (Å²) in [5.41, 5.74) is 6.79. The van der Waals surface area contributed by atoms with Gasteiger partial charge in [0.05, 0.1) is 5.56 Å². The van der Waals surface area contributed by atoms with Gasteiger partial charge in [0.15, 0.2) is 0 Å². The van der Waals surface area contributed by atoms with Gasteiger partial charge in [0.2, 0.25) is 0 Å². The Labute approximate surface area is 122 Å². The summed E-state index contributed by atoms with van der Waals surface area (Å²) in [6, 6.07) is 9.92. The summed E-state index contributed by atoms with van der Waals surface area (Å²) < 4.78 is 26.9. The average molecular weight is 290 g/mol. The van der Waals surface area contributed by atoms with E-state index < -0.39 is 17.5 Å². The SMILES string of the molecule is CCN(C(=O)c1cc(F)ccc1F)c1ccc(CN)cc1. The highest BCUT2D eigenvalue weighted by Crippen LogP contribution is 2.20. The molecule has 2 aromatic rings. The van der Waals surface area contributed by atoms with Crippen LogP contribution in [0, 0.1) is 11.6 Å². The molecule has 2 N–H and O–H groups in total. The first-order chi connectivity index (χ1) is 10.1. The van der Waals surface area contributed by atoms with E-state index in [2.05, 4.69) is 0 Å². The van der Waals surface area contributed by atoms with Gasteiger partial charge in [-0.3, -0.25) is 4.79 Å². The Morgan fingerprint density at radius 3 is 2.38 bits per heavy atom. The molecule has 0 aliphatic carbocycles. The third-order valence-corrected chi connectivity index (χ3v) is 3.20. The molecule has 1 amide bonds. The molecule has 0 radical (unpaired) electrons. The van der Waals surface area contributed by atoms with Crippen LogP contribution in [0.1, 0.15) is 22.8 Å². The second-order valence-corrected chi connectivity index (χ2v) is 4.54. The van der Waals surface area contributed by atoms with Crippen molar-refractivity contribution in [2.45, 2.75) is 13.5 Å². The molecule has 0 bridgehead atoms. The molecule has 110 valence electrons. The van der Waals surface area contributed by atoms with Crippen molar-refractivity contribution in [2.75, 3.05) is 11.4 Å². The highest BCUT2D eigenvalue weighted by molar-refractivity contribution is 6.06. The van der Waals surface area contributed by atoms with E-state index in [1.165, 1.54) is 4.90 Å². The van der Waals surface area contributed by atoms with Gasteiger partial charge in [0, 0.05) is 18.8 Å². The van der Waals surface area contributed by atoms with E-state index in [9.17, 15) is 13.6 Å². The largest absolute Gasteiger partial charge is 0.326 e. The van der Waals surface area contributed by atoms with Crippen LogP contribution in [-0.2, 0) is 6.54 Å². The van der Waals surface area contributed by atoms with Gasteiger partial charge in [-0.1, -0.05) is 12.1 Å². The van der Waals surface area contributed by atoms with Crippen LogP contribution in [0.3, 0.4) is 0 Å². The standard InChI is InChI=1S/C16H16F2N2O/c1-2-20(13-6-3-11(10-19)4-7-13)16(21)14-9-12(17)5-8-15(14)18/h3-9H,2,10,19H2,1H3. The van der Waals surface area contributed by atoms with Gasteiger partial charge in [-0.25, -0.2) is 8.78 Å². The Morgan fingerprint density at radius 2 is 1.81 bits per heavy atom. The number of amides is 1. The molecule has 5 heteroatoms. The first-order valence-corrected chi connectivity index (χ1v) is 6.62. The first-order valence-electron chi connectivity index (χ1n) is 6.62. The first kappa shape index (κ1) is 15.1. The fourth-order valence-electron chi connectivity index (χ4n) is 2.06. The van der Waals surface area contributed by atoms with E-state index in [0.29, 0.717) is 18.8 Å². The van der Waals surface area contributed by atoms with Crippen molar-refractivity contribution in [3.63, 3.8) is 0 Å². The van der Waals surface area contributed by atoms with Crippen LogP contribution in [-0.4, -0.2) is 12.5 Å². The highest BCUT2D eigenvalue weighted by Gasteiger charge is 2.20. The zero-order valence-electron chi connectivity index (χ0n) is 11.6. The summed E-state index contributed by atoms with van der Waals surface area (Å²) in [5, 5.41) is 0. The molecule has 0 fully saturated rings. The van der Waals surface area contributed by atoms with Crippen LogP contribution < -0.4 is 10.6 Å². The summed E-state index contributed by atoms with van der Waals surface area (Å²) >= 11 is 0. The monoisotopic (exact) mass is 290 g/mol. The van der Waals surface area contributed by atoms with Gasteiger partial charge in [-0.05, 0) is 42.8 Å². The number of hydrogen-bond acceptors (Lipinski definition) is 2. The predicted octanol–water partition coefficient (Wildman–Crippen LogP) is 3.09. The summed E-state index contributed by atoms with van der Waals surface area (Å²) in [7, 11) is 0. The quantitative estimate of drug-likeness (QED) is 0.940. The van der Waals surface area contributed by atoms with Crippen molar-refractivity contribution in [3.8, 4) is 0 Å². The number of anilines is 1. The second-order valence-electron chi connectivity index (χ2n) is 4.54. The van der Waals surface area contributed by atoms with E-state index in [-0.39, 0.29) is 5.56 Å². The second kappa shape index (κ2) is 6.45. The molecule has 0 aliphatic heterocycles. The van der Waals surface area contributed by atoms with Crippen LogP contribution in [0.4, 0.5) is 14.5 Å². The molecule has 0 saturated heterocycles. The maximum Gasteiger partial charge on any atom is 0.261 e. The fraction of sp³-hybridized carbons (Fsp3) is 0.188. The van der Waals surface area contributed by atoms with Crippen LogP contribution in [0.5, 0.6) is 0 Å². The Bertz CT molecular complexity index is 641. The number of hydrogen-bond donors (Lipinski definition) is 1. The van der Waals surface area contributed by atoms with Crippen LogP contribution in [0.2, 0.25) is 0 Å². The van der Waals surface area contributed by atoms with Gasteiger partial charge in [-0.2, -0.15) is 0 Å². The smallest absolute Gasteiger partial charge is 0.261 e. The minimum atomic E-state index is -0.738. The zero-order chi connectivity index (χ0) is 15.4. The van der Waals surface area contributed by atoms with E-state index in [0.717, 1.165) is 23.8 Å². The topological polar surface area (TPSA) is 46.3 Å². The molecule has 2 aromatic carbocycles.